The molecule has 0 aromatic heterocycles. The first-order chi connectivity index (χ1) is 21.6. The van der Waals surface area contributed by atoms with E-state index in [1.807, 2.05) is 74.5 Å². The molecule has 2 unspecified atom stereocenters. The van der Waals surface area contributed by atoms with Crippen LogP contribution in [0.4, 0.5) is 0 Å². The highest BCUT2D eigenvalue weighted by molar-refractivity contribution is 6.99. The Morgan fingerprint density at radius 2 is 1.11 bits per heavy atom. The van der Waals surface area contributed by atoms with Gasteiger partial charge in [-0.2, -0.15) is 0 Å². The fourth-order valence-corrected chi connectivity index (χ4v) is 10.7. The Labute approximate surface area is 267 Å². The number of carbonyl (C=O) groups excluding carboxylic acids is 2. The summed E-state index contributed by atoms with van der Waals surface area (Å²) in [5.41, 5.74) is 0.934. The Balaban J connectivity index is 1.54. The maximum Gasteiger partial charge on any atom is 0.338 e. The highest BCUT2D eigenvalue weighted by atomic mass is 28.4. The van der Waals surface area contributed by atoms with Crippen LogP contribution in [0.25, 0.3) is 0 Å². The molecular weight excluding hydrogens is 580 g/mol. The number of hydrogen-bond donors (Lipinski definition) is 0. The second-order valence-corrected chi connectivity index (χ2v) is 17.0. The third kappa shape index (κ3) is 6.96. The van der Waals surface area contributed by atoms with E-state index in [-0.39, 0.29) is 23.5 Å². The van der Waals surface area contributed by atoms with E-state index in [0.29, 0.717) is 11.1 Å². The number of esters is 2. The largest absolute Gasteiger partial charge is 0.459 e. The quantitative estimate of drug-likeness (QED) is 0.154. The number of ether oxygens (including phenoxy) is 3. The zero-order chi connectivity index (χ0) is 32.0. The van der Waals surface area contributed by atoms with Crippen molar-refractivity contribution in [2.24, 2.45) is 11.8 Å². The molecule has 1 fully saturated rings. The van der Waals surface area contributed by atoms with Crippen LogP contribution in [0, 0.1) is 11.8 Å². The van der Waals surface area contributed by atoms with Gasteiger partial charge in [0.15, 0.2) is 12.4 Å². The molecular formula is C38H42O6Si. The van der Waals surface area contributed by atoms with Crippen LogP contribution in [0.1, 0.15) is 55.3 Å². The van der Waals surface area contributed by atoms with E-state index < -0.39 is 38.8 Å². The van der Waals surface area contributed by atoms with Crippen LogP contribution in [-0.4, -0.2) is 45.4 Å². The molecule has 1 aliphatic rings. The van der Waals surface area contributed by atoms with Crippen molar-refractivity contribution in [3.8, 4) is 0 Å². The Morgan fingerprint density at radius 1 is 0.667 bits per heavy atom. The molecule has 1 saturated heterocycles. The van der Waals surface area contributed by atoms with Crippen LogP contribution < -0.4 is 10.4 Å². The van der Waals surface area contributed by atoms with Gasteiger partial charge < -0.3 is 18.6 Å². The number of carbonyl (C=O) groups is 2. The van der Waals surface area contributed by atoms with Crippen LogP contribution in [0.5, 0.6) is 0 Å². The summed E-state index contributed by atoms with van der Waals surface area (Å²) in [5, 5.41) is 1.83. The van der Waals surface area contributed by atoms with Crippen LogP contribution >= 0.6 is 0 Å². The van der Waals surface area contributed by atoms with E-state index >= 15 is 0 Å². The van der Waals surface area contributed by atoms with Gasteiger partial charge in [-0.15, -0.1) is 0 Å². The normalized spacial score (nSPS) is 21.9. The molecule has 234 valence electrons. The maximum absolute atomic E-state index is 13.5. The van der Waals surface area contributed by atoms with Gasteiger partial charge in [-0.25, -0.2) is 9.59 Å². The predicted octanol–water partition coefficient (Wildman–Crippen LogP) is 6.64. The van der Waals surface area contributed by atoms with Crippen molar-refractivity contribution >= 4 is 30.6 Å². The first-order valence-electron chi connectivity index (χ1n) is 15.5. The highest BCUT2D eigenvalue weighted by Gasteiger charge is 2.55. The lowest BCUT2D eigenvalue weighted by atomic mass is 9.83. The minimum atomic E-state index is -3.11. The number of benzene rings is 4. The van der Waals surface area contributed by atoms with Crippen LogP contribution in [-0.2, 0) is 18.6 Å². The molecule has 0 spiro atoms. The fourth-order valence-electron chi connectivity index (χ4n) is 6.15. The lowest BCUT2D eigenvalue weighted by Gasteiger charge is -2.50. The summed E-state index contributed by atoms with van der Waals surface area (Å²) in [7, 11) is -3.11. The van der Waals surface area contributed by atoms with Crippen LogP contribution in [0.15, 0.2) is 121 Å². The van der Waals surface area contributed by atoms with E-state index in [2.05, 4.69) is 45.0 Å². The van der Waals surface area contributed by atoms with Gasteiger partial charge in [0.05, 0.1) is 17.2 Å². The van der Waals surface area contributed by atoms with E-state index in [4.69, 9.17) is 18.6 Å². The zero-order valence-corrected chi connectivity index (χ0v) is 27.6. The summed E-state index contributed by atoms with van der Waals surface area (Å²) >= 11 is 0. The molecule has 0 amide bonds. The minimum Gasteiger partial charge on any atom is -0.459 e. The first kappa shape index (κ1) is 32.4. The fraction of sp³-hybridized carbons (Fsp3) is 0.316. The van der Waals surface area contributed by atoms with Gasteiger partial charge in [-0.1, -0.05) is 132 Å². The monoisotopic (exact) mass is 622 g/mol. The van der Waals surface area contributed by atoms with Crippen molar-refractivity contribution in [3.05, 3.63) is 132 Å². The smallest absolute Gasteiger partial charge is 0.338 e. The van der Waals surface area contributed by atoms with E-state index in [1.165, 1.54) is 0 Å². The third-order valence-electron chi connectivity index (χ3n) is 8.86. The molecule has 7 heteroatoms. The van der Waals surface area contributed by atoms with E-state index in [1.54, 1.807) is 36.4 Å². The van der Waals surface area contributed by atoms with Crippen molar-refractivity contribution in [2.45, 2.75) is 58.2 Å². The minimum absolute atomic E-state index is 0.0409. The molecule has 0 N–H and O–H groups in total. The molecule has 6 nitrogen and oxygen atoms in total. The average molecular weight is 623 g/mol. The summed E-state index contributed by atoms with van der Waals surface area (Å²) in [5.74, 6) is -1.13. The number of rotatable bonds is 9. The molecule has 4 aromatic carbocycles. The second-order valence-electron chi connectivity index (χ2n) is 12.7. The van der Waals surface area contributed by atoms with E-state index in [0.717, 1.165) is 10.4 Å². The van der Waals surface area contributed by atoms with Gasteiger partial charge in [0, 0.05) is 5.92 Å². The molecule has 0 radical (unpaired) electrons. The van der Waals surface area contributed by atoms with Gasteiger partial charge >= 0.3 is 11.9 Å². The summed E-state index contributed by atoms with van der Waals surface area (Å²) in [6, 6.07) is 38.5. The Kier molecular flexibility index (Phi) is 10.0. The predicted molar refractivity (Wildman–Crippen MR) is 178 cm³/mol. The molecule has 1 heterocycles. The van der Waals surface area contributed by atoms with Gasteiger partial charge in [-0.3, -0.25) is 0 Å². The van der Waals surface area contributed by atoms with Crippen molar-refractivity contribution in [1.29, 1.82) is 0 Å². The second kappa shape index (κ2) is 13.9. The lowest BCUT2D eigenvalue weighted by Crippen LogP contribution is -2.70. The first-order valence-corrected chi connectivity index (χ1v) is 17.4. The van der Waals surface area contributed by atoms with Gasteiger partial charge in [0.1, 0.15) is 6.61 Å². The highest BCUT2D eigenvalue weighted by Crippen LogP contribution is 2.41. The Morgan fingerprint density at radius 3 is 1.58 bits per heavy atom. The van der Waals surface area contributed by atoms with Crippen LogP contribution in [0.3, 0.4) is 0 Å². The van der Waals surface area contributed by atoms with E-state index in [9.17, 15) is 9.59 Å². The number of hydrogen-bond acceptors (Lipinski definition) is 6. The summed E-state index contributed by atoms with van der Waals surface area (Å²) < 4.78 is 26.2. The molecule has 0 bridgehead atoms. The molecule has 0 aliphatic carbocycles. The zero-order valence-electron chi connectivity index (χ0n) is 26.6. The molecule has 1 aliphatic heterocycles. The molecule has 5 atom stereocenters. The van der Waals surface area contributed by atoms with Crippen molar-refractivity contribution < 1.29 is 28.2 Å². The Hall–Kier alpha value is -4.04. The maximum atomic E-state index is 13.5. The lowest BCUT2D eigenvalue weighted by molar-refractivity contribution is -0.247. The van der Waals surface area contributed by atoms with Crippen molar-refractivity contribution in [1.82, 2.24) is 0 Å². The Bertz CT molecular complexity index is 1500. The van der Waals surface area contributed by atoms with Gasteiger partial charge in [0.25, 0.3) is 8.32 Å². The summed E-state index contributed by atoms with van der Waals surface area (Å²) in [6.45, 7) is 10.7. The standard InChI is InChI=1S/C38H42O6Si/c1-27-28(2)34(43-36(40)30-20-12-7-13-21-30)37(42-33(27)26-41-35(39)29-18-10-6-11-19-29)44-45(38(3,4)5,31-22-14-8-15-23-31)32-24-16-9-17-25-32/h6-25,27-28,33-34,37H,26H2,1-5H3/t27-,28-,33?,34?,37-/m0/s1. The van der Waals surface area contributed by atoms with Crippen LogP contribution in [0.2, 0.25) is 5.04 Å². The third-order valence-corrected chi connectivity index (χ3v) is 13.9. The van der Waals surface area contributed by atoms with Gasteiger partial charge in [-0.05, 0) is 45.6 Å². The SMILES string of the molecule is C[C@@H]1C(COC(=O)c2ccccc2)O[C@@H](O[Si](c2ccccc2)(c2ccccc2)C(C)(C)C)C(OC(=O)c2ccccc2)[C@H]1C. The average Bonchev–Trinajstić information content (AvgIpc) is 3.06. The summed E-state index contributed by atoms with van der Waals surface area (Å²) in [6.07, 6.45) is -2.12. The van der Waals surface area contributed by atoms with Crippen molar-refractivity contribution in [2.75, 3.05) is 6.61 Å². The molecule has 5 rings (SSSR count). The topological polar surface area (TPSA) is 71.1 Å². The molecule has 45 heavy (non-hydrogen) atoms. The van der Waals surface area contributed by atoms with Gasteiger partial charge in [0.2, 0.25) is 0 Å². The molecule has 0 saturated carbocycles. The summed E-state index contributed by atoms with van der Waals surface area (Å²) in [4.78, 5) is 26.4. The molecule has 4 aromatic rings. The van der Waals surface area contributed by atoms with Crippen molar-refractivity contribution in [3.63, 3.8) is 0 Å².